The number of phenolic OH excluding ortho intramolecular Hbond substituents is 1. The predicted octanol–water partition coefficient (Wildman–Crippen LogP) is 3.36. The van der Waals surface area contributed by atoms with Crippen LogP contribution in [0.15, 0.2) is 48.5 Å². The Kier molecular flexibility index (Phi) is 9.34. The average molecular weight is 543 g/mol. The van der Waals surface area contributed by atoms with Gasteiger partial charge in [-0.2, -0.15) is 0 Å². The maximum absolute atomic E-state index is 12.8. The van der Waals surface area contributed by atoms with Gasteiger partial charge in [0.05, 0.1) is 16.7 Å². The van der Waals surface area contributed by atoms with E-state index >= 15 is 0 Å². The number of carbonyl (C=O) groups is 2. The molecule has 3 N–H and O–H groups in total. The van der Waals surface area contributed by atoms with Crippen molar-refractivity contribution in [2.24, 2.45) is 0 Å². The van der Waals surface area contributed by atoms with Crippen molar-refractivity contribution < 1.29 is 28.9 Å². The van der Waals surface area contributed by atoms with Gasteiger partial charge in [-0.15, -0.1) is 0 Å². The number of methoxy groups -OCH3 is 2. The Balaban J connectivity index is 2.07. The third-order valence-corrected chi connectivity index (χ3v) is 5.33. The molecule has 0 atom stereocenters. The van der Waals surface area contributed by atoms with Crippen molar-refractivity contribution in [3.05, 3.63) is 63.2 Å². The molecule has 168 valence electrons. The largest absolute Gasteiger partial charge is 0.507 e. The standard InChI is InChI=1S/C21H26IN3O6/c1-21(29-2,30-3)14-23-19(27)25(12-16-9-10-18(26)17(22)11-16)24-20(28)31-13-15-7-5-4-6-8-15/h4-11,26H,12-14H2,1-3H3,(H,23,27)(H,24,28). The van der Waals surface area contributed by atoms with Gasteiger partial charge >= 0.3 is 12.1 Å². The smallest absolute Gasteiger partial charge is 0.426 e. The highest BCUT2D eigenvalue weighted by Gasteiger charge is 2.26. The van der Waals surface area contributed by atoms with E-state index in [-0.39, 0.29) is 25.4 Å². The van der Waals surface area contributed by atoms with Crippen molar-refractivity contribution in [2.75, 3.05) is 20.8 Å². The Morgan fingerprint density at radius 2 is 1.77 bits per heavy atom. The van der Waals surface area contributed by atoms with Crippen molar-refractivity contribution in [2.45, 2.75) is 25.9 Å². The number of hydrogen-bond acceptors (Lipinski definition) is 6. The van der Waals surface area contributed by atoms with E-state index in [0.29, 0.717) is 9.13 Å². The number of halogens is 1. The van der Waals surface area contributed by atoms with E-state index in [1.807, 2.05) is 52.9 Å². The molecule has 0 radical (unpaired) electrons. The van der Waals surface area contributed by atoms with Crippen LogP contribution in [0.1, 0.15) is 18.1 Å². The highest BCUT2D eigenvalue weighted by Crippen LogP contribution is 2.21. The van der Waals surface area contributed by atoms with Crippen LogP contribution in [0.4, 0.5) is 9.59 Å². The van der Waals surface area contributed by atoms with Crippen LogP contribution in [0.25, 0.3) is 0 Å². The van der Waals surface area contributed by atoms with E-state index in [0.717, 1.165) is 10.6 Å². The molecule has 10 heteroatoms. The number of rotatable bonds is 8. The minimum absolute atomic E-state index is 0.0409. The second kappa shape index (κ2) is 11.7. The zero-order chi connectivity index (χ0) is 22.9. The summed E-state index contributed by atoms with van der Waals surface area (Å²) < 4.78 is 16.3. The summed E-state index contributed by atoms with van der Waals surface area (Å²) in [6.45, 7) is 1.81. The lowest BCUT2D eigenvalue weighted by atomic mass is 10.2. The van der Waals surface area contributed by atoms with Crippen LogP contribution < -0.4 is 10.7 Å². The molecule has 0 saturated carbocycles. The molecule has 3 amide bonds. The molecule has 0 aliphatic carbocycles. The van der Waals surface area contributed by atoms with Crippen molar-refractivity contribution in [1.82, 2.24) is 15.8 Å². The summed E-state index contributed by atoms with van der Waals surface area (Å²) in [4.78, 5) is 25.1. The molecule has 0 saturated heterocycles. The summed E-state index contributed by atoms with van der Waals surface area (Å²) >= 11 is 1.98. The Hall–Kier alpha value is -2.57. The summed E-state index contributed by atoms with van der Waals surface area (Å²) in [7, 11) is 2.93. The van der Waals surface area contributed by atoms with Crippen LogP contribution in [-0.4, -0.2) is 48.8 Å². The van der Waals surface area contributed by atoms with Crippen molar-refractivity contribution >= 4 is 34.7 Å². The molecule has 0 unspecified atom stereocenters. The molecule has 2 rings (SSSR count). The number of hydrogen-bond donors (Lipinski definition) is 3. The normalized spacial score (nSPS) is 11.0. The third-order valence-electron chi connectivity index (χ3n) is 4.46. The van der Waals surface area contributed by atoms with Gasteiger partial charge in [0, 0.05) is 14.2 Å². The molecule has 0 fully saturated rings. The molecule has 31 heavy (non-hydrogen) atoms. The fourth-order valence-corrected chi connectivity index (χ4v) is 3.00. The minimum Gasteiger partial charge on any atom is -0.507 e. The summed E-state index contributed by atoms with van der Waals surface area (Å²) in [5, 5.41) is 13.5. The monoisotopic (exact) mass is 543 g/mol. The molecule has 0 aromatic heterocycles. The maximum Gasteiger partial charge on any atom is 0.426 e. The number of phenols is 1. The maximum atomic E-state index is 12.8. The Bertz CT molecular complexity index is 877. The minimum atomic E-state index is -1.02. The van der Waals surface area contributed by atoms with Crippen LogP contribution in [0.5, 0.6) is 5.75 Å². The molecule has 0 spiro atoms. The SMILES string of the molecule is COC(C)(CNC(=O)N(Cc1ccc(O)c(I)c1)NC(=O)OCc1ccccc1)OC. The molecule has 9 nitrogen and oxygen atoms in total. The van der Waals surface area contributed by atoms with Crippen molar-refractivity contribution in [1.29, 1.82) is 0 Å². The highest BCUT2D eigenvalue weighted by molar-refractivity contribution is 14.1. The number of ether oxygens (including phenoxy) is 3. The predicted molar refractivity (Wildman–Crippen MR) is 122 cm³/mol. The zero-order valence-electron chi connectivity index (χ0n) is 17.6. The molecular weight excluding hydrogens is 517 g/mol. The van der Waals surface area contributed by atoms with Gasteiger partial charge in [-0.1, -0.05) is 36.4 Å². The van der Waals surface area contributed by atoms with Gasteiger partial charge in [-0.25, -0.2) is 20.0 Å². The quantitative estimate of drug-likeness (QED) is 0.268. The van der Waals surface area contributed by atoms with Crippen molar-refractivity contribution in [3.63, 3.8) is 0 Å². The number of amides is 3. The Morgan fingerprint density at radius 1 is 1.10 bits per heavy atom. The van der Waals surface area contributed by atoms with E-state index in [2.05, 4.69) is 10.7 Å². The van der Waals surface area contributed by atoms with E-state index in [1.165, 1.54) is 20.3 Å². The van der Waals surface area contributed by atoms with Gasteiger partial charge in [-0.05, 0) is 52.8 Å². The Labute approximate surface area is 194 Å². The van der Waals surface area contributed by atoms with Gasteiger partial charge in [0.1, 0.15) is 12.4 Å². The number of nitrogens with one attached hydrogen (secondary N) is 2. The first-order chi connectivity index (χ1) is 14.8. The summed E-state index contributed by atoms with van der Waals surface area (Å²) in [6, 6.07) is 13.5. The second-order valence-electron chi connectivity index (χ2n) is 6.75. The number of aromatic hydroxyl groups is 1. The zero-order valence-corrected chi connectivity index (χ0v) is 19.7. The molecule has 0 bridgehead atoms. The molecule has 0 aliphatic heterocycles. The molecule has 2 aromatic rings. The number of hydrazine groups is 1. The van der Waals surface area contributed by atoms with Crippen LogP contribution in [0.2, 0.25) is 0 Å². The van der Waals surface area contributed by atoms with Gasteiger partial charge in [0.15, 0.2) is 5.79 Å². The first-order valence-corrected chi connectivity index (χ1v) is 10.4. The topological polar surface area (TPSA) is 109 Å². The summed E-state index contributed by atoms with van der Waals surface area (Å²) in [6.07, 6.45) is -0.784. The lowest BCUT2D eigenvalue weighted by molar-refractivity contribution is -0.188. The van der Waals surface area contributed by atoms with E-state index in [4.69, 9.17) is 14.2 Å². The molecule has 2 aromatic carbocycles. The molecule has 0 aliphatic rings. The lowest BCUT2D eigenvalue weighted by Crippen LogP contribution is -2.53. The van der Waals surface area contributed by atoms with Gasteiger partial charge < -0.3 is 24.6 Å². The Morgan fingerprint density at radius 3 is 2.39 bits per heavy atom. The van der Waals surface area contributed by atoms with Gasteiger partial charge in [0.25, 0.3) is 0 Å². The van der Waals surface area contributed by atoms with Gasteiger partial charge in [0.2, 0.25) is 0 Å². The summed E-state index contributed by atoms with van der Waals surface area (Å²) in [5.41, 5.74) is 3.97. The number of benzene rings is 2. The summed E-state index contributed by atoms with van der Waals surface area (Å²) in [5.74, 6) is -0.894. The van der Waals surface area contributed by atoms with Crippen LogP contribution >= 0.6 is 22.6 Å². The number of carbonyl (C=O) groups excluding carboxylic acids is 2. The first kappa shape index (κ1) is 24.7. The van der Waals surface area contributed by atoms with E-state index in [9.17, 15) is 14.7 Å². The van der Waals surface area contributed by atoms with Crippen LogP contribution in [0, 0.1) is 3.57 Å². The first-order valence-electron chi connectivity index (χ1n) is 9.36. The number of urea groups is 1. The third kappa shape index (κ3) is 7.89. The lowest BCUT2D eigenvalue weighted by Gasteiger charge is -2.29. The fraction of sp³-hybridized carbons (Fsp3) is 0.333. The highest BCUT2D eigenvalue weighted by atomic mass is 127. The number of nitrogens with zero attached hydrogens (tertiary/aromatic N) is 1. The van der Waals surface area contributed by atoms with Gasteiger partial charge in [-0.3, -0.25) is 0 Å². The molecular formula is C21H26IN3O6. The van der Waals surface area contributed by atoms with E-state index < -0.39 is 17.9 Å². The molecule has 0 heterocycles. The second-order valence-corrected chi connectivity index (χ2v) is 7.91. The van der Waals surface area contributed by atoms with Crippen molar-refractivity contribution in [3.8, 4) is 5.75 Å². The van der Waals surface area contributed by atoms with Crippen LogP contribution in [-0.2, 0) is 27.4 Å². The fourth-order valence-electron chi connectivity index (χ4n) is 2.42. The van der Waals surface area contributed by atoms with Crippen LogP contribution in [0.3, 0.4) is 0 Å². The average Bonchev–Trinajstić information content (AvgIpc) is 2.78. The van der Waals surface area contributed by atoms with E-state index in [1.54, 1.807) is 19.1 Å².